The zero-order valence-corrected chi connectivity index (χ0v) is 15.6. The number of hydrogen-bond donors (Lipinski definition) is 2. The second-order valence-electron chi connectivity index (χ2n) is 7.23. The molecule has 0 bridgehead atoms. The second kappa shape index (κ2) is 9.09. The van der Waals surface area contributed by atoms with Crippen LogP contribution in [-0.4, -0.2) is 56.7 Å². The van der Waals surface area contributed by atoms with Crippen molar-refractivity contribution in [2.45, 2.75) is 38.7 Å². The molecule has 0 amide bonds. The quantitative estimate of drug-likeness (QED) is 0.614. The average Bonchev–Trinajstić information content (AvgIpc) is 3.04. The number of para-hydroxylation sites is 1. The molecule has 5 nitrogen and oxygen atoms in total. The van der Waals surface area contributed by atoms with Crippen LogP contribution in [0.15, 0.2) is 29.3 Å². The molecule has 1 atom stereocenters. The molecule has 1 fully saturated rings. The van der Waals surface area contributed by atoms with Gasteiger partial charge in [-0.05, 0) is 63.9 Å². The first-order valence-electron chi connectivity index (χ1n) is 9.70. The van der Waals surface area contributed by atoms with Crippen LogP contribution in [0.25, 0.3) is 0 Å². The molecule has 2 heterocycles. The lowest BCUT2D eigenvalue weighted by Gasteiger charge is -2.29. The standard InChI is InChI=1S/C20H32N4O/c1-3-21-20(22-11-8-16-9-12-24(2)13-10-16)23-15-18-14-17-6-4-5-7-19(17)25-18/h4-7,16,18H,3,8-15H2,1-2H3,(H2,21,22,23). The van der Waals surface area contributed by atoms with Crippen LogP contribution in [0.2, 0.25) is 0 Å². The third-order valence-corrected chi connectivity index (χ3v) is 5.19. The summed E-state index contributed by atoms with van der Waals surface area (Å²) in [4.78, 5) is 7.16. The Morgan fingerprint density at radius 2 is 2.04 bits per heavy atom. The van der Waals surface area contributed by atoms with E-state index in [0.29, 0.717) is 6.54 Å². The molecule has 2 N–H and O–H groups in total. The maximum absolute atomic E-state index is 5.98. The first kappa shape index (κ1) is 18.1. The van der Waals surface area contributed by atoms with Crippen molar-refractivity contribution in [3.05, 3.63) is 29.8 Å². The van der Waals surface area contributed by atoms with Gasteiger partial charge >= 0.3 is 0 Å². The molecule has 25 heavy (non-hydrogen) atoms. The van der Waals surface area contributed by atoms with Gasteiger partial charge < -0.3 is 20.3 Å². The van der Waals surface area contributed by atoms with Gasteiger partial charge in [0.1, 0.15) is 11.9 Å². The van der Waals surface area contributed by atoms with Crippen LogP contribution in [-0.2, 0) is 6.42 Å². The van der Waals surface area contributed by atoms with Crippen LogP contribution in [0.5, 0.6) is 5.75 Å². The Kier molecular flexibility index (Phi) is 6.56. The Labute approximate surface area is 151 Å². The zero-order valence-electron chi connectivity index (χ0n) is 15.6. The van der Waals surface area contributed by atoms with Gasteiger partial charge in [-0.2, -0.15) is 0 Å². The predicted octanol–water partition coefficient (Wildman–Crippen LogP) is 2.28. The van der Waals surface area contributed by atoms with E-state index in [1.54, 1.807) is 0 Å². The number of rotatable bonds is 6. The number of ether oxygens (including phenoxy) is 1. The molecule has 0 radical (unpaired) electrons. The molecule has 138 valence electrons. The van der Waals surface area contributed by atoms with E-state index >= 15 is 0 Å². The van der Waals surface area contributed by atoms with Crippen LogP contribution in [0, 0.1) is 5.92 Å². The zero-order chi connectivity index (χ0) is 17.5. The minimum absolute atomic E-state index is 0.154. The number of guanidine groups is 1. The maximum atomic E-state index is 5.98. The molecule has 1 saturated heterocycles. The van der Waals surface area contributed by atoms with Crippen LogP contribution >= 0.6 is 0 Å². The molecule has 0 aromatic heterocycles. The number of nitrogens with zero attached hydrogens (tertiary/aromatic N) is 2. The molecule has 2 aliphatic rings. The number of nitrogens with one attached hydrogen (secondary N) is 2. The summed E-state index contributed by atoms with van der Waals surface area (Å²) in [6, 6.07) is 8.29. The highest BCUT2D eigenvalue weighted by molar-refractivity contribution is 5.79. The van der Waals surface area contributed by atoms with Gasteiger partial charge in [-0.1, -0.05) is 18.2 Å². The summed E-state index contributed by atoms with van der Waals surface area (Å²) in [6.07, 6.45) is 4.97. The lowest BCUT2D eigenvalue weighted by atomic mass is 9.94. The molecule has 0 saturated carbocycles. The summed E-state index contributed by atoms with van der Waals surface area (Å²) in [5, 5.41) is 6.84. The number of piperidine rings is 1. The van der Waals surface area contributed by atoms with Gasteiger partial charge in [-0.25, -0.2) is 4.99 Å². The normalized spacial score (nSPS) is 21.7. The fourth-order valence-corrected chi connectivity index (χ4v) is 3.64. The highest BCUT2D eigenvalue weighted by atomic mass is 16.5. The van der Waals surface area contributed by atoms with Crippen LogP contribution < -0.4 is 15.4 Å². The van der Waals surface area contributed by atoms with Crippen molar-refractivity contribution < 1.29 is 4.74 Å². The smallest absolute Gasteiger partial charge is 0.191 e. The SMILES string of the molecule is CCNC(=NCC1Cc2ccccc2O1)NCCC1CCN(C)CC1. The van der Waals surface area contributed by atoms with Gasteiger partial charge in [0.05, 0.1) is 6.54 Å². The average molecular weight is 345 g/mol. The van der Waals surface area contributed by atoms with Gasteiger partial charge in [0.2, 0.25) is 0 Å². The van der Waals surface area contributed by atoms with Gasteiger partial charge in [0.25, 0.3) is 0 Å². The molecule has 2 aliphatic heterocycles. The van der Waals surface area contributed by atoms with E-state index in [1.807, 2.05) is 12.1 Å². The number of aliphatic imine (C=N–C) groups is 1. The Bertz CT molecular complexity index is 542. The van der Waals surface area contributed by atoms with E-state index in [1.165, 1.54) is 37.9 Å². The molecule has 0 aliphatic carbocycles. The summed E-state index contributed by atoms with van der Waals surface area (Å²) in [6.45, 7) is 7.14. The molecule has 0 spiro atoms. The van der Waals surface area contributed by atoms with Crippen LogP contribution in [0.4, 0.5) is 0 Å². The Morgan fingerprint density at radius 3 is 2.80 bits per heavy atom. The minimum atomic E-state index is 0.154. The first-order chi connectivity index (χ1) is 12.2. The maximum Gasteiger partial charge on any atom is 0.191 e. The van der Waals surface area contributed by atoms with Crippen molar-refractivity contribution in [3.8, 4) is 5.75 Å². The fourth-order valence-electron chi connectivity index (χ4n) is 3.64. The Hall–Kier alpha value is -1.75. The van der Waals surface area contributed by atoms with E-state index in [2.05, 4.69) is 41.6 Å². The van der Waals surface area contributed by atoms with Gasteiger partial charge in [0.15, 0.2) is 5.96 Å². The van der Waals surface area contributed by atoms with Gasteiger partial charge in [-0.15, -0.1) is 0 Å². The monoisotopic (exact) mass is 344 g/mol. The van der Waals surface area contributed by atoms with Crippen molar-refractivity contribution in [1.29, 1.82) is 0 Å². The van der Waals surface area contributed by atoms with E-state index in [4.69, 9.17) is 9.73 Å². The largest absolute Gasteiger partial charge is 0.488 e. The highest BCUT2D eigenvalue weighted by Gasteiger charge is 2.22. The van der Waals surface area contributed by atoms with E-state index in [9.17, 15) is 0 Å². The highest BCUT2D eigenvalue weighted by Crippen LogP contribution is 2.28. The Morgan fingerprint density at radius 1 is 1.24 bits per heavy atom. The topological polar surface area (TPSA) is 48.9 Å². The second-order valence-corrected chi connectivity index (χ2v) is 7.23. The third kappa shape index (κ3) is 5.36. The van der Waals surface area contributed by atoms with Gasteiger partial charge in [-0.3, -0.25) is 0 Å². The van der Waals surface area contributed by atoms with Crippen molar-refractivity contribution in [1.82, 2.24) is 15.5 Å². The van der Waals surface area contributed by atoms with Crippen molar-refractivity contribution in [2.75, 3.05) is 39.8 Å². The minimum Gasteiger partial charge on any atom is -0.488 e. The van der Waals surface area contributed by atoms with E-state index < -0.39 is 0 Å². The summed E-state index contributed by atoms with van der Waals surface area (Å²) < 4.78 is 5.98. The van der Waals surface area contributed by atoms with Crippen LogP contribution in [0.3, 0.4) is 0 Å². The lowest BCUT2D eigenvalue weighted by molar-refractivity contribution is 0.213. The number of hydrogen-bond acceptors (Lipinski definition) is 3. The molecule has 1 unspecified atom stereocenters. The predicted molar refractivity (Wildman–Crippen MR) is 103 cm³/mol. The third-order valence-electron chi connectivity index (χ3n) is 5.19. The molecule has 1 aromatic rings. The number of fused-ring (bicyclic) bond motifs is 1. The molecular weight excluding hydrogens is 312 g/mol. The van der Waals surface area contributed by atoms with Gasteiger partial charge in [0, 0.05) is 19.5 Å². The molecule has 3 rings (SSSR count). The number of likely N-dealkylation sites (tertiary alicyclic amines) is 1. The van der Waals surface area contributed by atoms with E-state index in [0.717, 1.165) is 37.1 Å². The van der Waals surface area contributed by atoms with Crippen molar-refractivity contribution in [2.24, 2.45) is 10.9 Å². The van der Waals surface area contributed by atoms with E-state index in [-0.39, 0.29) is 6.10 Å². The fraction of sp³-hybridized carbons (Fsp3) is 0.650. The summed E-state index contributed by atoms with van der Waals surface area (Å²) in [7, 11) is 2.22. The van der Waals surface area contributed by atoms with Crippen molar-refractivity contribution in [3.63, 3.8) is 0 Å². The number of benzene rings is 1. The molecule has 1 aromatic carbocycles. The molecular formula is C20H32N4O. The first-order valence-corrected chi connectivity index (χ1v) is 9.70. The summed E-state index contributed by atoms with van der Waals surface area (Å²) in [5.74, 6) is 2.78. The van der Waals surface area contributed by atoms with Crippen LogP contribution in [0.1, 0.15) is 31.7 Å². The molecule has 5 heteroatoms. The Balaban J connectivity index is 1.42. The lowest BCUT2D eigenvalue weighted by Crippen LogP contribution is -2.39. The summed E-state index contributed by atoms with van der Waals surface area (Å²) >= 11 is 0. The van der Waals surface area contributed by atoms with Crippen molar-refractivity contribution >= 4 is 5.96 Å². The summed E-state index contributed by atoms with van der Waals surface area (Å²) in [5.41, 5.74) is 1.29.